The predicted octanol–water partition coefficient (Wildman–Crippen LogP) is 3.34. The third-order valence-electron chi connectivity index (χ3n) is 5.89. The van der Waals surface area contributed by atoms with Crippen molar-refractivity contribution in [1.82, 2.24) is 4.90 Å². The van der Waals surface area contributed by atoms with E-state index in [-0.39, 0.29) is 18.1 Å². The minimum absolute atomic E-state index is 0.141. The summed E-state index contributed by atoms with van der Waals surface area (Å²) >= 11 is 0. The summed E-state index contributed by atoms with van der Waals surface area (Å²) in [4.78, 5) is 15.8. The second kappa shape index (κ2) is 7.94. The number of nitrogens with zero attached hydrogens (tertiary/aromatic N) is 1. The standard InChI is InChI=1S/C23H27NO4/c1-26-16-20-21(17-6-4-3-5-7-17)24(14-15-28-20)22(25)23(12-13-23)18-8-10-19(27-2)11-9-18/h3-11,20-21H,12-16H2,1-2H3/t20-,21-/m0/s1. The molecule has 1 heterocycles. The lowest BCUT2D eigenvalue weighted by atomic mass is 9.91. The van der Waals surface area contributed by atoms with Gasteiger partial charge in [0.15, 0.2) is 0 Å². The van der Waals surface area contributed by atoms with E-state index in [1.54, 1.807) is 14.2 Å². The SMILES string of the molecule is COC[C@@H]1OCCN(C(=O)C2(c3ccc(OC)cc3)CC2)[C@H]1c1ccccc1. The molecule has 28 heavy (non-hydrogen) atoms. The fourth-order valence-corrected chi connectivity index (χ4v) is 4.25. The van der Waals surface area contributed by atoms with Gasteiger partial charge in [-0.05, 0) is 36.1 Å². The van der Waals surface area contributed by atoms with Crippen molar-refractivity contribution in [3.8, 4) is 5.75 Å². The number of methoxy groups -OCH3 is 2. The monoisotopic (exact) mass is 381 g/mol. The van der Waals surface area contributed by atoms with Gasteiger partial charge in [0, 0.05) is 13.7 Å². The van der Waals surface area contributed by atoms with Crippen molar-refractivity contribution < 1.29 is 19.0 Å². The largest absolute Gasteiger partial charge is 0.497 e. The van der Waals surface area contributed by atoms with Crippen molar-refractivity contribution >= 4 is 5.91 Å². The Morgan fingerprint density at radius 3 is 2.43 bits per heavy atom. The molecule has 2 aromatic rings. The van der Waals surface area contributed by atoms with Gasteiger partial charge >= 0.3 is 0 Å². The Morgan fingerprint density at radius 1 is 1.11 bits per heavy atom. The molecule has 0 unspecified atom stereocenters. The molecule has 2 atom stereocenters. The van der Waals surface area contributed by atoms with E-state index in [0.717, 1.165) is 29.7 Å². The first-order valence-electron chi connectivity index (χ1n) is 9.81. The van der Waals surface area contributed by atoms with E-state index in [1.165, 1.54) is 0 Å². The van der Waals surface area contributed by atoms with Gasteiger partial charge in [0.05, 0.1) is 31.8 Å². The van der Waals surface area contributed by atoms with Gasteiger partial charge in [-0.1, -0.05) is 42.5 Å². The van der Waals surface area contributed by atoms with Gasteiger partial charge in [0.25, 0.3) is 0 Å². The third-order valence-corrected chi connectivity index (χ3v) is 5.89. The fourth-order valence-electron chi connectivity index (χ4n) is 4.25. The van der Waals surface area contributed by atoms with Crippen LogP contribution in [0.2, 0.25) is 0 Å². The molecule has 0 N–H and O–H groups in total. The molecule has 1 aliphatic heterocycles. The normalized spacial score (nSPS) is 23.3. The Labute approximate surface area is 166 Å². The summed E-state index contributed by atoms with van der Waals surface area (Å²) in [5, 5.41) is 0. The smallest absolute Gasteiger partial charge is 0.233 e. The molecule has 5 nitrogen and oxygen atoms in total. The molecule has 148 valence electrons. The van der Waals surface area contributed by atoms with E-state index in [0.29, 0.717) is 19.8 Å². The Morgan fingerprint density at radius 2 is 1.82 bits per heavy atom. The summed E-state index contributed by atoms with van der Waals surface area (Å²) in [5.74, 6) is 0.997. The summed E-state index contributed by atoms with van der Waals surface area (Å²) in [7, 11) is 3.33. The predicted molar refractivity (Wildman–Crippen MR) is 106 cm³/mol. The number of amides is 1. The lowest BCUT2D eigenvalue weighted by Gasteiger charge is -2.43. The highest BCUT2D eigenvalue weighted by Gasteiger charge is 2.55. The van der Waals surface area contributed by atoms with Crippen LogP contribution in [0.3, 0.4) is 0 Å². The number of hydrogen-bond donors (Lipinski definition) is 0. The van der Waals surface area contributed by atoms with Gasteiger partial charge in [0.2, 0.25) is 5.91 Å². The van der Waals surface area contributed by atoms with Gasteiger partial charge in [0.1, 0.15) is 11.9 Å². The number of benzene rings is 2. The molecule has 2 aliphatic rings. The van der Waals surface area contributed by atoms with E-state index in [1.807, 2.05) is 47.4 Å². The van der Waals surface area contributed by atoms with Crippen molar-refractivity contribution in [1.29, 1.82) is 0 Å². The first kappa shape index (κ1) is 19.0. The molecular weight excluding hydrogens is 354 g/mol. The average molecular weight is 381 g/mol. The van der Waals surface area contributed by atoms with E-state index in [2.05, 4.69) is 12.1 Å². The van der Waals surface area contributed by atoms with Crippen LogP contribution in [0.25, 0.3) is 0 Å². The summed E-state index contributed by atoms with van der Waals surface area (Å²) < 4.78 is 16.7. The Bertz CT molecular complexity index is 799. The van der Waals surface area contributed by atoms with Gasteiger partial charge < -0.3 is 19.1 Å². The van der Waals surface area contributed by atoms with Crippen molar-refractivity contribution in [3.05, 3.63) is 65.7 Å². The van der Waals surface area contributed by atoms with E-state index in [4.69, 9.17) is 14.2 Å². The van der Waals surface area contributed by atoms with Crippen molar-refractivity contribution in [3.63, 3.8) is 0 Å². The quantitative estimate of drug-likeness (QED) is 0.770. The van der Waals surface area contributed by atoms with E-state index < -0.39 is 5.41 Å². The highest BCUT2D eigenvalue weighted by Crippen LogP contribution is 2.51. The summed E-state index contributed by atoms with van der Waals surface area (Å²) in [6.45, 7) is 1.58. The minimum Gasteiger partial charge on any atom is -0.497 e. The third kappa shape index (κ3) is 3.40. The Balaban J connectivity index is 1.65. The van der Waals surface area contributed by atoms with Crippen molar-refractivity contribution in [2.75, 3.05) is 34.0 Å². The number of carbonyl (C=O) groups is 1. The van der Waals surface area contributed by atoms with Crippen LogP contribution < -0.4 is 4.74 Å². The van der Waals surface area contributed by atoms with Crippen LogP contribution in [-0.2, 0) is 19.7 Å². The first-order chi connectivity index (χ1) is 13.7. The molecule has 5 heteroatoms. The average Bonchev–Trinajstić information content (AvgIpc) is 3.56. The molecule has 0 radical (unpaired) electrons. The maximum atomic E-state index is 13.8. The lowest BCUT2D eigenvalue weighted by Crippen LogP contribution is -2.52. The molecule has 2 fully saturated rings. The van der Waals surface area contributed by atoms with Gasteiger partial charge in [-0.2, -0.15) is 0 Å². The lowest BCUT2D eigenvalue weighted by molar-refractivity contribution is -0.153. The Hall–Kier alpha value is -2.37. The second-order valence-electron chi connectivity index (χ2n) is 7.53. The van der Waals surface area contributed by atoms with Gasteiger partial charge in [-0.15, -0.1) is 0 Å². The van der Waals surface area contributed by atoms with Crippen LogP contribution in [0.15, 0.2) is 54.6 Å². The number of carbonyl (C=O) groups excluding carboxylic acids is 1. The second-order valence-corrected chi connectivity index (χ2v) is 7.53. The zero-order valence-corrected chi connectivity index (χ0v) is 16.5. The van der Waals surface area contributed by atoms with Gasteiger partial charge in [-0.25, -0.2) is 0 Å². The van der Waals surface area contributed by atoms with Crippen LogP contribution in [-0.4, -0.2) is 50.9 Å². The zero-order valence-electron chi connectivity index (χ0n) is 16.5. The summed E-state index contributed by atoms with van der Waals surface area (Å²) in [5.41, 5.74) is 1.73. The zero-order chi connectivity index (χ0) is 19.6. The molecular formula is C23H27NO4. The number of rotatable bonds is 6. The highest BCUT2D eigenvalue weighted by molar-refractivity contribution is 5.91. The van der Waals surface area contributed by atoms with Gasteiger partial charge in [-0.3, -0.25) is 4.79 Å². The van der Waals surface area contributed by atoms with Crippen molar-refractivity contribution in [2.45, 2.75) is 30.4 Å². The highest BCUT2D eigenvalue weighted by atomic mass is 16.5. The summed E-state index contributed by atoms with van der Waals surface area (Å²) in [6.07, 6.45) is 1.59. The first-order valence-corrected chi connectivity index (χ1v) is 9.81. The fraction of sp³-hybridized carbons (Fsp3) is 0.435. The molecule has 1 aliphatic carbocycles. The minimum atomic E-state index is -0.422. The molecule has 0 spiro atoms. The molecule has 1 amide bonds. The summed E-state index contributed by atoms with van der Waals surface area (Å²) in [6, 6.07) is 17.9. The van der Waals surface area contributed by atoms with E-state index >= 15 is 0 Å². The number of ether oxygens (including phenoxy) is 3. The van der Waals surface area contributed by atoms with Crippen LogP contribution in [0.4, 0.5) is 0 Å². The van der Waals surface area contributed by atoms with Crippen LogP contribution >= 0.6 is 0 Å². The number of morpholine rings is 1. The molecule has 2 aromatic carbocycles. The molecule has 1 saturated heterocycles. The van der Waals surface area contributed by atoms with Crippen LogP contribution in [0.5, 0.6) is 5.75 Å². The maximum Gasteiger partial charge on any atom is 0.233 e. The van der Waals surface area contributed by atoms with E-state index in [9.17, 15) is 4.79 Å². The van der Waals surface area contributed by atoms with Crippen LogP contribution in [0, 0.1) is 0 Å². The Kier molecular flexibility index (Phi) is 5.38. The molecule has 0 bridgehead atoms. The topological polar surface area (TPSA) is 48.0 Å². The number of hydrogen-bond acceptors (Lipinski definition) is 4. The maximum absolute atomic E-state index is 13.8. The van der Waals surface area contributed by atoms with Crippen molar-refractivity contribution in [2.24, 2.45) is 0 Å². The van der Waals surface area contributed by atoms with Crippen LogP contribution in [0.1, 0.15) is 30.0 Å². The molecule has 4 rings (SSSR count). The molecule has 0 aromatic heterocycles. The molecule has 1 saturated carbocycles.